The Labute approximate surface area is 209 Å². The van der Waals surface area contributed by atoms with Gasteiger partial charge in [0.05, 0.1) is 28.3 Å². The molecule has 1 fully saturated rings. The molecular weight excluding hydrogens is 491 g/mol. The second kappa shape index (κ2) is 11.1. The van der Waals surface area contributed by atoms with E-state index in [-0.39, 0.29) is 16.6 Å². The van der Waals surface area contributed by atoms with Crippen molar-refractivity contribution in [3.8, 4) is 0 Å². The highest BCUT2D eigenvalue weighted by Gasteiger charge is 2.27. The number of amides is 1. The molecule has 1 saturated heterocycles. The van der Waals surface area contributed by atoms with Gasteiger partial charge >= 0.3 is 0 Å². The van der Waals surface area contributed by atoms with Crippen molar-refractivity contribution in [2.24, 2.45) is 0 Å². The molecule has 3 aromatic rings. The number of likely N-dealkylation sites (N-methyl/N-ethyl adjacent to an activating group) is 1. The van der Waals surface area contributed by atoms with Crippen LogP contribution in [0.3, 0.4) is 0 Å². The summed E-state index contributed by atoms with van der Waals surface area (Å²) in [6.45, 7) is 8.19. The second-order valence-electron chi connectivity index (χ2n) is 8.13. The predicted molar refractivity (Wildman–Crippen MR) is 135 cm³/mol. The zero-order valence-corrected chi connectivity index (χ0v) is 21.4. The molecule has 0 spiro atoms. The largest absolute Gasteiger partial charge is 0.379 e. The normalized spacial score (nSPS) is 15.1. The predicted octanol–water partition coefficient (Wildman–Crippen LogP) is 3.44. The molecule has 8 nitrogen and oxygen atoms in total. The lowest BCUT2D eigenvalue weighted by Crippen LogP contribution is -2.40. The highest BCUT2D eigenvalue weighted by Crippen LogP contribution is 2.30. The summed E-state index contributed by atoms with van der Waals surface area (Å²) in [5.74, 6) is -0.641. The van der Waals surface area contributed by atoms with Gasteiger partial charge < -0.3 is 9.64 Å². The third-order valence-corrected chi connectivity index (χ3v) is 9.01. The quantitative estimate of drug-likeness (QED) is 0.430. The smallest absolute Gasteiger partial charge is 0.260 e. The molecule has 1 aromatic heterocycles. The molecule has 0 aliphatic carbocycles. The van der Waals surface area contributed by atoms with E-state index in [0.717, 1.165) is 13.1 Å². The van der Waals surface area contributed by atoms with Crippen LogP contribution in [0.15, 0.2) is 47.4 Å². The molecule has 35 heavy (non-hydrogen) atoms. The summed E-state index contributed by atoms with van der Waals surface area (Å²) in [5, 5.41) is 0.479. The molecule has 0 unspecified atom stereocenters. The lowest BCUT2D eigenvalue weighted by Gasteiger charge is -2.26. The third-order valence-electron chi connectivity index (χ3n) is 6.06. The van der Waals surface area contributed by atoms with Gasteiger partial charge in [0.2, 0.25) is 10.0 Å². The number of nitrogens with zero attached hydrogens (tertiary/aromatic N) is 4. The summed E-state index contributed by atoms with van der Waals surface area (Å²) < 4.78 is 46.9. The molecule has 0 N–H and O–H groups in total. The fourth-order valence-corrected chi connectivity index (χ4v) is 6.35. The lowest BCUT2D eigenvalue weighted by atomic mass is 10.2. The van der Waals surface area contributed by atoms with Crippen LogP contribution >= 0.6 is 11.3 Å². The number of aromatic nitrogens is 1. The van der Waals surface area contributed by atoms with Crippen LogP contribution in [0.5, 0.6) is 0 Å². The van der Waals surface area contributed by atoms with Gasteiger partial charge in [0, 0.05) is 31.7 Å². The molecule has 0 atom stereocenters. The number of morpholine rings is 1. The van der Waals surface area contributed by atoms with Gasteiger partial charge in [-0.3, -0.25) is 9.69 Å². The van der Waals surface area contributed by atoms with E-state index in [1.165, 1.54) is 52.0 Å². The summed E-state index contributed by atoms with van der Waals surface area (Å²) in [5.41, 5.74) is 0.981. The molecule has 2 heterocycles. The molecule has 1 aliphatic rings. The fourth-order valence-electron chi connectivity index (χ4n) is 3.93. The van der Waals surface area contributed by atoms with E-state index in [1.54, 1.807) is 11.0 Å². The van der Waals surface area contributed by atoms with Gasteiger partial charge in [-0.1, -0.05) is 25.2 Å². The van der Waals surface area contributed by atoms with Gasteiger partial charge in [0.25, 0.3) is 5.91 Å². The van der Waals surface area contributed by atoms with Crippen molar-refractivity contribution in [2.75, 3.05) is 57.4 Å². The number of anilines is 1. The van der Waals surface area contributed by atoms with Gasteiger partial charge in [-0.2, -0.15) is 4.31 Å². The Bertz CT molecular complexity index is 1270. The van der Waals surface area contributed by atoms with Crippen molar-refractivity contribution in [3.05, 3.63) is 53.8 Å². The summed E-state index contributed by atoms with van der Waals surface area (Å²) in [6.07, 6.45) is 0. The first-order valence-electron chi connectivity index (χ1n) is 11.6. The van der Waals surface area contributed by atoms with E-state index in [0.29, 0.717) is 60.3 Å². The number of carbonyl (C=O) groups excluding carboxylic acids is 1. The molecule has 2 aromatic carbocycles. The van der Waals surface area contributed by atoms with Crippen molar-refractivity contribution in [2.45, 2.75) is 18.7 Å². The van der Waals surface area contributed by atoms with Crippen LogP contribution in [-0.4, -0.2) is 81.0 Å². The molecule has 1 amide bonds. The minimum atomic E-state index is -3.65. The van der Waals surface area contributed by atoms with Crippen LogP contribution < -0.4 is 4.90 Å². The summed E-state index contributed by atoms with van der Waals surface area (Å²) in [6, 6.07) is 10.4. The molecule has 4 rings (SSSR count). The number of thiazole rings is 1. The molecular formula is C24H29FN4O4S2. The Morgan fingerprint density at radius 2 is 1.77 bits per heavy atom. The SMILES string of the molecule is CCN(CC)CCN(C(=O)c1ccc(S(=O)(=O)N2CCOCC2)cc1)c1nc2ccc(F)cc2s1. The van der Waals surface area contributed by atoms with Gasteiger partial charge in [0.1, 0.15) is 5.82 Å². The second-order valence-corrected chi connectivity index (χ2v) is 11.1. The van der Waals surface area contributed by atoms with Crippen LogP contribution in [0.1, 0.15) is 24.2 Å². The molecule has 1 aliphatic heterocycles. The van der Waals surface area contributed by atoms with Crippen LogP contribution in [0.2, 0.25) is 0 Å². The Morgan fingerprint density at radius 3 is 2.43 bits per heavy atom. The Hall–Kier alpha value is -2.44. The van der Waals surface area contributed by atoms with Crippen LogP contribution in [0.4, 0.5) is 9.52 Å². The maximum absolute atomic E-state index is 13.7. The first kappa shape index (κ1) is 25.6. The number of ether oxygens (including phenoxy) is 1. The summed E-state index contributed by atoms with van der Waals surface area (Å²) in [7, 11) is -3.65. The summed E-state index contributed by atoms with van der Waals surface area (Å²) in [4.78, 5) is 22.1. The fraction of sp³-hybridized carbons (Fsp3) is 0.417. The minimum absolute atomic E-state index is 0.140. The van der Waals surface area contributed by atoms with Gasteiger partial charge in [-0.15, -0.1) is 0 Å². The topological polar surface area (TPSA) is 83.1 Å². The van der Waals surface area contributed by atoms with Crippen LogP contribution in [0, 0.1) is 5.82 Å². The molecule has 188 valence electrons. The van der Waals surface area contributed by atoms with E-state index >= 15 is 0 Å². The molecule has 0 saturated carbocycles. The zero-order valence-electron chi connectivity index (χ0n) is 19.8. The Morgan fingerprint density at radius 1 is 1.09 bits per heavy atom. The number of hydrogen-bond acceptors (Lipinski definition) is 7. The number of hydrogen-bond donors (Lipinski definition) is 0. The van der Waals surface area contributed by atoms with Gasteiger partial charge in [0.15, 0.2) is 5.13 Å². The lowest BCUT2D eigenvalue weighted by molar-refractivity contribution is 0.0730. The number of rotatable bonds is 9. The van der Waals surface area contributed by atoms with Gasteiger partial charge in [-0.05, 0) is 55.6 Å². The van der Waals surface area contributed by atoms with Crippen molar-refractivity contribution in [3.63, 3.8) is 0 Å². The maximum Gasteiger partial charge on any atom is 0.260 e. The first-order chi connectivity index (χ1) is 16.8. The van der Waals surface area contributed by atoms with E-state index in [4.69, 9.17) is 4.74 Å². The van der Waals surface area contributed by atoms with E-state index in [9.17, 15) is 17.6 Å². The van der Waals surface area contributed by atoms with Crippen molar-refractivity contribution in [1.82, 2.24) is 14.2 Å². The van der Waals surface area contributed by atoms with E-state index in [2.05, 4.69) is 23.7 Å². The van der Waals surface area contributed by atoms with E-state index < -0.39 is 10.0 Å². The molecule has 0 radical (unpaired) electrons. The maximum atomic E-state index is 13.7. The minimum Gasteiger partial charge on any atom is -0.379 e. The third kappa shape index (κ3) is 5.70. The van der Waals surface area contributed by atoms with Crippen molar-refractivity contribution < 1.29 is 22.3 Å². The molecule has 11 heteroatoms. The average molecular weight is 521 g/mol. The van der Waals surface area contributed by atoms with Crippen molar-refractivity contribution >= 4 is 42.6 Å². The Kier molecular flexibility index (Phi) is 8.12. The number of benzene rings is 2. The van der Waals surface area contributed by atoms with Crippen LogP contribution in [-0.2, 0) is 14.8 Å². The first-order valence-corrected chi connectivity index (χ1v) is 13.9. The number of sulfonamides is 1. The van der Waals surface area contributed by atoms with Crippen LogP contribution in [0.25, 0.3) is 10.2 Å². The number of carbonyl (C=O) groups is 1. The average Bonchev–Trinajstić information content (AvgIpc) is 3.29. The standard InChI is InChI=1S/C24H29FN4O4S2/c1-3-27(4-2)11-12-29(24-26-21-10-7-19(25)17-22(21)34-24)23(30)18-5-8-20(9-6-18)35(31,32)28-13-15-33-16-14-28/h5-10,17H,3-4,11-16H2,1-2H3. The monoisotopic (exact) mass is 520 g/mol. The molecule has 0 bridgehead atoms. The highest BCUT2D eigenvalue weighted by atomic mass is 32.2. The van der Waals surface area contributed by atoms with Crippen molar-refractivity contribution in [1.29, 1.82) is 0 Å². The zero-order chi connectivity index (χ0) is 25.0. The van der Waals surface area contributed by atoms with Gasteiger partial charge in [-0.25, -0.2) is 17.8 Å². The number of halogens is 1. The summed E-state index contributed by atoms with van der Waals surface area (Å²) >= 11 is 1.26. The number of fused-ring (bicyclic) bond motifs is 1. The Balaban J connectivity index is 1.61. The van der Waals surface area contributed by atoms with E-state index in [1.807, 2.05) is 0 Å². The highest BCUT2D eigenvalue weighted by molar-refractivity contribution is 7.89.